The second kappa shape index (κ2) is 10.5. The van der Waals surface area contributed by atoms with E-state index in [2.05, 4.69) is 20.0 Å². The highest BCUT2D eigenvalue weighted by atomic mass is 32.2. The third kappa shape index (κ3) is 6.66. The number of imidazole rings is 1. The summed E-state index contributed by atoms with van der Waals surface area (Å²) in [7, 11) is -3.73. The van der Waals surface area contributed by atoms with Crippen molar-refractivity contribution >= 4 is 33.1 Å². The number of carbonyl (C=O) groups is 2. The first-order valence-electron chi connectivity index (χ1n) is 12.3. The smallest absolute Gasteiger partial charge is 0.408 e. The maximum absolute atomic E-state index is 13.0. The summed E-state index contributed by atoms with van der Waals surface area (Å²) in [6, 6.07) is 13.2. The topological polar surface area (TPSA) is 133 Å². The fourth-order valence-electron chi connectivity index (χ4n) is 4.21. The van der Waals surface area contributed by atoms with Crippen LogP contribution in [-0.4, -0.2) is 66.1 Å². The summed E-state index contributed by atoms with van der Waals surface area (Å²) in [5.74, 6) is 0.443. The summed E-state index contributed by atoms with van der Waals surface area (Å²) in [5, 5.41) is 2.56. The number of aromatic nitrogens is 2. The fraction of sp³-hybridized carbons (Fsp3) is 0.423. The summed E-state index contributed by atoms with van der Waals surface area (Å²) >= 11 is 0. The molecule has 0 radical (unpaired) electrons. The number of H-pyrrole nitrogens is 1. The lowest BCUT2D eigenvalue weighted by Gasteiger charge is -2.34. The van der Waals surface area contributed by atoms with Gasteiger partial charge in [0.2, 0.25) is 15.9 Å². The molecule has 1 aromatic heterocycles. The quantitative estimate of drug-likeness (QED) is 0.450. The maximum atomic E-state index is 13.0. The third-order valence-electron chi connectivity index (χ3n) is 6.06. The van der Waals surface area contributed by atoms with Crippen molar-refractivity contribution in [3.05, 3.63) is 48.5 Å². The number of likely N-dealkylation sites (tertiary alicyclic amines) is 1. The molecular formula is C26H33N5O5S. The first-order chi connectivity index (χ1) is 17.4. The van der Waals surface area contributed by atoms with Crippen molar-refractivity contribution < 1.29 is 22.7 Å². The highest BCUT2D eigenvalue weighted by Gasteiger charge is 2.30. The molecule has 0 saturated carbocycles. The van der Waals surface area contributed by atoms with Gasteiger partial charge in [0.05, 0.1) is 15.9 Å². The number of aromatic amines is 1. The molecule has 1 fully saturated rings. The van der Waals surface area contributed by atoms with Crippen LogP contribution < -0.4 is 10.0 Å². The van der Waals surface area contributed by atoms with Crippen molar-refractivity contribution in [2.24, 2.45) is 0 Å². The van der Waals surface area contributed by atoms with Gasteiger partial charge in [0.1, 0.15) is 17.5 Å². The Labute approximate surface area is 216 Å². The van der Waals surface area contributed by atoms with Crippen LogP contribution in [-0.2, 0) is 19.6 Å². The van der Waals surface area contributed by atoms with Crippen molar-refractivity contribution in [2.75, 3.05) is 13.1 Å². The van der Waals surface area contributed by atoms with Crippen molar-refractivity contribution in [1.29, 1.82) is 0 Å². The van der Waals surface area contributed by atoms with Crippen LogP contribution in [0.5, 0.6) is 0 Å². The van der Waals surface area contributed by atoms with E-state index in [9.17, 15) is 18.0 Å². The van der Waals surface area contributed by atoms with Gasteiger partial charge in [-0.15, -0.1) is 0 Å². The van der Waals surface area contributed by atoms with E-state index in [1.807, 2.05) is 24.3 Å². The fourth-order valence-corrected chi connectivity index (χ4v) is 5.51. The van der Waals surface area contributed by atoms with Gasteiger partial charge in [-0.25, -0.2) is 22.9 Å². The van der Waals surface area contributed by atoms with Gasteiger partial charge < -0.3 is 19.9 Å². The molecule has 0 unspecified atom stereocenters. The second-order valence-corrected chi connectivity index (χ2v) is 11.9. The van der Waals surface area contributed by atoms with Crippen LogP contribution in [0.1, 0.15) is 40.5 Å². The number of sulfonamides is 1. The molecule has 1 aliphatic heterocycles. The van der Waals surface area contributed by atoms with Gasteiger partial charge in [0.25, 0.3) is 0 Å². The summed E-state index contributed by atoms with van der Waals surface area (Å²) in [4.78, 5) is 34.3. The number of nitrogens with zero attached hydrogens (tertiary/aromatic N) is 2. The molecule has 0 spiro atoms. The Kier molecular flexibility index (Phi) is 7.56. The Hall–Kier alpha value is -3.44. The highest BCUT2D eigenvalue weighted by Crippen LogP contribution is 2.23. The molecule has 0 aliphatic carbocycles. The molecule has 198 valence electrons. The number of hydrogen-bond acceptors (Lipinski definition) is 6. The van der Waals surface area contributed by atoms with Gasteiger partial charge in [0.15, 0.2) is 0 Å². The zero-order chi connectivity index (χ0) is 26.8. The van der Waals surface area contributed by atoms with Crippen LogP contribution in [0.3, 0.4) is 0 Å². The Morgan fingerprint density at radius 2 is 1.73 bits per heavy atom. The summed E-state index contributed by atoms with van der Waals surface area (Å²) in [6.07, 6.45) is 0.296. The molecule has 1 atom stereocenters. The van der Waals surface area contributed by atoms with E-state index in [1.165, 1.54) is 0 Å². The third-order valence-corrected chi connectivity index (χ3v) is 7.60. The average Bonchev–Trinajstić information content (AvgIpc) is 3.27. The predicted molar refractivity (Wildman–Crippen MR) is 140 cm³/mol. The zero-order valence-corrected chi connectivity index (χ0v) is 22.3. The van der Waals surface area contributed by atoms with E-state index in [0.717, 1.165) is 16.6 Å². The van der Waals surface area contributed by atoms with Gasteiger partial charge in [0, 0.05) is 24.7 Å². The number of para-hydroxylation sites is 2. The normalized spacial score (nSPS) is 15.9. The number of piperidine rings is 1. The number of benzene rings is 2. The Morgan fingerprint density at radius 1 is 1.08 bits per heavy atom. The second-order valence-electron chi connectivity index (χ2n) is 10.2. The number of carbonyl (C=O) groups excluding carboxylic acids is 2. The molecule has 0 bridgehead atoms. The Balaban J connectivity index is 1.31. The van der Waals surface area contributed by atoms with Crippen LogP contribution >= 0.6 is 0 Å². The van der Waals surface area contributed by atoms with Gasteiger partial charge in [-0.3, -0.25) is 4.79 Å². The lowest BCUT2D eigenvalue weighted by atomic mass is 10.1. The number of alkyl carbamates (subject to hydrolysis) is 1. The minimum Gasteiger partial charge on any atom is -0.444 e. The van der Waals surface area contributed by atoms with Crippen molar-refractivity contribution in [3.63, 3.8) is 0 Å². The molecule has 4 rings (SSSR count). The Bertz CT molecular complexity index is 1340. The molecule has 3 N–H and O–H groups in total. The number of rotatable bonds is 6. The van der Waals surface area contributed by atoms with E-state index in [-0.39, 0.29) is 16.8 Å². The molecule has 37 heavy (non-hydrogen) atoms. The molecule has 3 aromatic rings. The summed E-state index contributed by atoms with van der Waals surface area (Å²) in [5.41, 5.74) is 1.89. The van der Waals surface area contributed by atoms with Gasteiger partial charge >= 0.3 is 6.09 Å². The number of amides is 2. The molecule has 10 nitrogen and oxygen atoms in total. The van der Waals surface area contributed by atoms with Crippen molar-refractivity contribution in [3.8, 4) is 11.4 Å². The first-order valence-corrected chi connectivity index (χ1v) is 13.8. The molecule has 1 aliphatic rings. The molecular weight excluding hydrogens is 494 g/mol. The number of ether oxygens (including phenoxy) is 1. The van der Waals surface area contributed by atoms with Crippen molar-refractivity contribution in [1.82, 2.24) is 24.9 Å². The molecule has 1 saturated heterocycles. The average molecular weight is 528 g/mol. The molecule has 2 amide bonds. The molecule has 2 aromatic carbocycles. The number of hydrogen-bond donors (Lipinski definition) is 3. The van der Waals surface area contributed by atoms with Gasteiger partial charge in [-0.1, -0.05) is 12.1 Å². The van der Waals surface area contributed by atoms with Crippen LogP contribution in [0.4, 0.5) is 4.79 Å². The first kappa shape index (κ1) is 26.6. The lowest BCUT2D eigenvalue weighted by molar-refractivity contribution is -0.134. The Morgan fingerprint density at radius 3 is 2.35 bits per heavy atom. The molecule has 2 heterocycles. The standard InChI is InChI=1S/C26H33N5O5S/c1-17(27-25(33)36-26(2,3)4)24(32)31-15-13-19(14-16-31)30-37(34,35)20-11-9-18(10-12-20)23-28-21-7-5-6-8-22(21)29-23/h5-12,17,19,30H,13-16H2,1-4H3,(H,27,33)(H,28,29)/t17-/m0/s1. The zero-order valence-electron chi connectivity index (χ0n) is 21.4. The highest BCUT2D eigenvalue weighted by molar-refractivity contribution is 7.89. The largest absolute Gasteiger partial charge is 0.444 e. The van der Waals surface area contributed by atoms with E-state index < -0.39 is 27.8 Å². The SMILES string of the molecule is C[C@H](NC(=O)OC(C)(C)C)C(=O)N1CCC(NS(=O)(=O)c2ccc(-c3nc4ccccc4[nH]3)cc2)CC1. The minimum atomic E-state index is -3.73. The minimum absolute atomic E-state index is 0.168. The monoisotopic (exact) mass is 527 g/mol. The molecule has 11 heteroatoms. The maximum Gasteiger partial charge on any atom is 0.408 e. The van der Waals surface area contributed by atoms with E-state index in [4.69, 9.17) is 4.74 Å². The number of fused-ring (bicyclic) bond motifs is 1. The summed E-state index contributed by atoms with van der Waals surface area (Å²) < 4.78 is 33.9. The van der Waals surface area contributed by atoms with E-state index in [0.29, 0.717) is 31.8 Å². The predicted octanol–water partition coefficient (Wildman–Crippen LogP) is 3.41. The van der Waals surface area contributed by atoms with Crippen LogP contribution in [0.15, 0.2) is 53.4 Å². The van der Waals surface area contributed by atoms with Gasteiger partial charge in [-0.2, -0.15) is 0 Å². The van der Waals surface area contributed by atoms with Gasteiger partial charge in [-0.05, 0) is 76.9 Å². The summed E-state index contributed by atoms with van der Waals surface area (Å²) in [6.45, 7) is 7.63. The van der Waals surface area contributed by atoms with Crippen LogP contribution in [0.2, 0.25) is 0 Å². The number of nitrogens with one attached hydrogen (secondary N) is 3. The van der Waals surface area contributed by atoms with Crippen molar-refractivity contribution in [2.45, 2.75) is 63.1 Å². The van der Waals surface area contributed by atoms with Crippen LogP contribution in [0, 0.1) is 0 Å². The van der Waals surface area contributed by atoms with E-state index >= 15 is 0 Å². The van der Waals surface area contributed by atoms with E-state index in [1.54, 1.807) is 56.9 Å². The van der Waals surface area contributed by atoms with Crippen LogP contribution in [0.25, 0.3) is 22.4 Å². The lowest BCUT2D eigenvalue weighted by Crippen LogP contribution is -2.52.